The summed E-state index contributed by atoms with van der Waals surface area (Å²) in [5.74, 6) is 0. The second kappa shape index (κ2) is 4.80. The minimum absolute atomic E-state index is 0.176. The van der Waals surface area contributed by atoms with Crippen molar-refractivity contribution in [1.82, 2.24) is 0 Å². The van der Waals surface area contributed by atoms with Gasteiger partial charge in [-0.15, -0.1) is 0 Å². The van der Waals surface area contributed by atoms with E-state index in [9.17, 15) is 19.7 Å². The first-order valence-electron chi connectivity index (χ1n) is 4.04. The first-order chi connectivity index (χ1) is 7.17. The molecule has 0 heterocycles. The summed E-state index contributed by atoms with van der Waals surface area (Å²) < 4.78 is 0. The average molecular weight is 205 g/mol. The summed E-state index contributed by atoms with van der Waals surface area (Å²) in [6.45, 7) is 0. The number of nitro groups is 1. The van der Waals surface area contributed by atoms with Crippen molar-refractivity contribution in [2.24, 2.45) is 0 Å². The predicted molar refractivity (Wildman–Crippen MR) is 53.6 cm³/mol. The lowest BCUT2D eigenvalue weighted by Crippen LogP contribution is -1.91. The molecule has 0 saturated carbocycles. The molecule has 76 valence electrons. The maximum atomic E-state index is 10.5. The number of non-ortho nitro benzene ring substituents is 1. The van der Waals surface area contributed by atoms with E-state index in [-0.39, 0.29) is 11.3 Å². The Morgan fingerprint density at radius 1 is 1.13 bits per heavy atom. The van der Waals surface area contributed by atoms with E-state index in [1.807, 2.05) is 0 Å². The van der Waals surface area contributed by atoms with E-state index >= 15 is 0 Å². The fraction of sp³-hybridized carbons (Fsp3) is 0. The maximum Gasteiger partial charge on any atom is 0.270 e. The summed E-state index contributed by atoms with van der Waals surface area (Å²) in [4.78, 5) is 30.5. The third kappa shape index (κ3) is 2.84. The topological polar surface area (TPSA) is 77.3 Å². The second-order valence-corrected chi connectivity index (χ2v) is 2.73. The number of nitro benzene ring substituents is 1. The summed E-state index contributed by atoms with van der Waals surface area (Å²) in [5.41, 5.74) is 0.471. The van der Waals surface area contributed by atoms with Gasteiger partial charge < -0.3 is 0 Å². The monoisotopic (exact) mass is 205 g/mol. The van der Waals surface area contributed by atoms with Crippen molar-refractivity contribution in [2.75, 3.05) is 0 Å². The van der Waals surface area contributed by atoms with E-state index in [4.69, 9.17) is 0 Å². The Kier molecular flexibility index (Phi) is 3.45. The van der Waals surface area contributed by atoms with Crippen LogP contribution in [0.25, 0.3) is 6.08 Å². The van der Waals surface area contributed by atoms with Crippen LogP contribution in [0.15, 0.2) is 24.3 Å². The average Bonchev–Trinajstić information content (AvgIpc) is 2.25. The highest BCUT2D eigenvalue weighted by Crippen LogP contribution is 2.17. The molecule has 0 N–H and O–H groups in total. The van der Waals surface area contributed by atoms with Crippen molar-refractivity contribution < 1.29 is 14.5 Å². The van der Waals surface area contributed by atoms with Gasteiger partial charge in [0.25, 0.3) is 5.69 Å². The second-order valence-electron chi connectivity index (χ2n) is 2.73. The Bertz CT molecular complexity index is 437. The number of carbonyl (C=O) groups is 2. The molecule has 0 atom stereocenters. The fourth-order valence-corrected chi connectivity index (χ4v) is 1.08. The van der Waals surface area contributed by atoms with E-state index < -0.39 is 4.92 Å². The molecule has 1 aromatic carbocycles. The molecule has 0 unspecified atom stereocenters. The molecule has 0 radical (unpaired) electrons. The number of aldehydes is 2. The summed E-state index contributed by atoms with van der Waals surface area (Å²) in [6.07, 6.45) is 3.67. The van der Waals surface area contributed by atoms with Gasteiger partial charge in [0, 0.05) is 17.7 Å². The smallest absolute Gasteiger partial charge is 0.270 e. The number of hydrogen-bond acceptors (Lipinski definition) is 4. The van der Waals surface area contributed by atoms with Crippen LogP contribution in [-0.2, 0) is 4.79 Å². The van der Waals surface area contributed by atoms with Gasteiger partial charge in [0.05, 0.1) is 4.92 Å². The minimum Gasteiger partial charge on any atom is -0.299 e. The molecule has 0 bridgehead atoms. The van der Waals surface area contributed by atoms with Crippen molar-refractivity contribution in [3.05, 3.63) is 45.5 Å². The molecule has 0 saturated heterocycles. The molecule has 5 heteroatoms. The summed E-state index contributed by atoms with van der Waals surface area (Å²) in [6, 6.07) is 3.91. The molecule has 0 aromatic heterocycles. The van der Waals surface area contributed by atoms with Gasteiger partial charge in [-0.05, 0) is 17.7 Å². The van der Waals surface area contributed by atoms with Gasteiger partial charge in [-0.1, -0.05) is 6.08 Å². The largest absolute Gasteiger partial charge is 0.299 e. The molecule has 1 aromatic rings. The van der Waals surface area contributed by atoms with Crippen molar-refractivity contribution in [3.8, 4) is 0 Å². The van der Waals surface area contributed by atoms with E-state index in [0.29, 0.717) is 18.1 Å². The third-order valence-corrected chi connectivity index (χ3v) is 1.68. The van der Waals surface area contributed by atoms with Gasteiger partial charge in [0.15, 0.2) is 0 Å². The molecule has 0 amide bonds. The molecular weight excluding hydrogens is 198 g/mol. The van der Waals surface area contributed by atoms with E-state index in [1.165, 1.54) is 30.4 Å². The zero-order valence-corrected chi connectivity index (χ0v) is 7.62. The van der Waals surface area contributed by atoms with Crippen LogP contribution >= 0.6 is 0 Å². The Morgan fingerprint density at radius 3 is 2.33 bits per heavy atom. The maximum absolute atomic E-state index is 10.5. The van der Waals surface area contributed by atoms with Crippen LogP contribution in [0.1, 0.15) is 15.9 Å². The van der Waals surface area contributed by atoms with Gasteiger partial charge in [0.1, 0.15) is 12.6 Å². The van der Waals surface area contributed by atoms with Gasteiger partial charge in [0.2, 0.25) is 0 Å². The van der Waals surface area contributed by atoms with Crippen LogP contribution in [0.4, 0.5) is 5.69 Å². The van der Waals surface area contributed by atoms with Crippen LogP contribution in [0.5, 0.6) is 0 Å². The minimum atomic E-state index is -0.592. The van der Waals surface area contributed by atoms with E-state index in [2.05, 4.69) is 0 Å². The normalized spacial score (nSPS) is 10.1. The Hall–Kier alpha value is -2.30. The lowest BCUT2D eigenvalue weighted by molar-refractivity contribution is -0.384. The number of carbonyl (C=O) groups excluding carboxylic acids is 2. The highest BCUT2D eigenvalue weighted by Gasteiger charge is 2.07. The number of rotatable bonds is 4. The first kappa shape index (κ1) is 10.8. The molecule has 1 rings (SSSR count). The van der Waals surface area contributed by atoms with E-state index in [1.54, 1.807) is 0 Å². The molecule has 0 aliphatic carbocycles. The van der Waals surface area contributed by atoms with Crippen LogP contribution < -0.4 is 0 Å². The quantitative estimate of drug-likeness (QED) is 0.324. The van der Waals surface area contributed by atoms with Gasteiger partial charge in [-0.25, -0.2) is 0 Å². The third-order valence-electron chi connectivity index (χ3n) is 1.68. The molecule has 0 fully saturated rings. The van der Waals surface area contributed by atoms with Crippen molar-refractivity contribution in [1.29, 1.82) is 0 Å². The molecule has 0 spiro atoms. The highest BCUT2D eigenvalue weighted by atomic mass is 16.6. The summed E-state index contributed by atoms with van der Waals surface area (Å²) in [7, 11) is 0. The number of allylic oxidation sites excluding steroid dienone is 1. The van der Waals surface area contributed by atoms with Crippen LogP contribution in [0, 0.1) is 10.1 Å². The Morgan fingerprint density at radius 2 is 1.80 bits per heavy atom. The zero-order valence-electron chi connectivity index (χ0n) is 7.62. The standard InChI is InChI=1S/C10H7NO4/c12-3-1-2-8-4-9(7-13)6-10(5-8)11(14)15/h1-7H. The van der Waals surface area contributed by atoms with Gasteiger partial charge in [-0.3, -0.25) is 19.7 Å². The van der Waals surface area contributed by atoms with Gasteiger partial charge in [-0.2, -0.15) is 0 Å². The summed E-state index contributed by atoms with van der Waals surface area (Å²) in [5, 5.41) is 10.5. The van der Waals surface area contributed by atoms with Gasteiger partial charge >= 0.3 is 0 Å². The van der Waals surface area contributed by atoms with Crippen molar-refractivity contribution in [2.45, 2.75) is 0 Å². The molecule has 5 nitrogen and oxygen atoms in total. The highest BCUT2D eigenvalue weighted by molar-refractivity contribution is 5.80. The lowest BCUT2D eigenvalue weighted by atomic mass is 10.1. The van der Waals surface area contributed by atoms with Crippen LogP contribution in [0.3, 0.4) is 0 Å². The number of hydrogen-bond donors (Lipinski definition) is 0. The molecule has 15 heavy (non-hydrogen) atoms. The first-order valence-corrected chi connectivity index (χ1v) is 4.04. The number of benzene rings is 1. The number of nitrogens with zero attached hydrogens (tertiary/aromatic N) is 1. The van der Waals surface area contributed by atoms with Crippen LogP contribution in [0.2, 0.25) is 0 Å². The van der Waals surface area contributed by atoms with Crippen molar-refractivity contribution in [3.63, 3.8) is 0 Å². The van der Waals surface area contributed by atoms with Crippen molar-refractivity contribution >= 4 is 24.3 Å². The van der Waals surface area contributed by atoms with Crippen LogP contribution in [-0.4, -0.2) is 17.5 Å². The molecule has 0 aliphatic heterocycles. The Labute approximate surface area is 85.2 Å². The Balaban J connectivity index is 3.22. The fourth-order valence-electron chi connectivity index (χ4n) is 1.08. The summed E-state index contributed by atoms with van der Waals surface area (Å²) >= 11 is 0. The SMILES string of the molecule is O=CC=Cc1cc(C=O)cc([N+](=O)[O-])c1. The zero-order chi connectivity index (χ0) is 11.3. The molecule has 0 aliphatic rings. The predicted octanol–water partition coefficient (Wildman–Crippen LogP) is 1.62. The lowest BCUT2D eigenvalue weighted by Gasteiger charge is -1.96. The van der Waals surface area contributed by atoms with E-state index in [0.717, 1.165) is 0 Å². The molecular formula is C10H7NO4.